The maximum atomic E-state index is 12.1. The lowest BCUT2D eigenvalue weighted by molar-refractivity contribution is 0.281. The molecule has 0 aromatic heterocycles. The van der Waals surface area contributed by atoms with Crippen LogP contribution in [0, 0.1) is 6.92 Å². The molecule has 4 nitrogen and oxygen atoms in total. The lowest BCUT2D eigenvalue weighted by Crippen LogP contribution is -2.26. The number of thioether (sulfide) groups is 1. The number of hydrogen-bond acceptors (Lipinski definition) is 4. The van der Waals surface area contributed by atoms with E-state index in [1.165, 1.54) is 6.07 Å². The first-order valence-corrected chi connectivity index (χ1v) is 8.98. The fraction of sp³-hybridized carbons (Fsp3) is 0.455. The maximum absolute atomic E-state index is 12.1. The largest absolute Gasteiger partial charge is 0.392 e. The summed E-state index contributed by atoms with van der Waals surface area (Å²) in [6.07, 6.45) is 1.92. The second-order valence-electron chi connectivity index (χ2n) is 3.75. The Bertz CT molecular complexity index is 517. The third-order valence-electron chi connectivity index (χ3n) is 2.43. The Morgan fingerprint density at radius 2 is 2.11 bits per heavy atom. The minimum absolute atomic E-state index is 0.188. The molecule has 0 saturated carbocycles. The number of nitrogens with one attached hydrogen (secondary N) is 1. The zero-order valence-electron chi connectivity index (χ0n) is 10.2. The van der Waals surface area contributed by atoms with Gasteiger partial charge in [-0.05, 0) is 36.4 Å². The smallest absolute Gasteiger partial charge is 0.240 e. The van der Waals surface area contributed by atoms with Crippen LogP contribution in [-0.2, 0) is 16.6 Å². The summed E-state index contributed by atoms with van der Waals surface area (Å²) >= 11 is 4.88. The van der Waals surface area contributed by atoms with Crippen LogP contribution in [-0.4, -0.2) is 32.1 Å². The average Bonchev–Trinajstić information content (AvgIpc) is 2.32. The van der Waals surface area contributed by atoms with E-state index in [0.29, 0.717) is 22.1 Å². The first-order chi connectivity index (χ1) is 8.42. The molecule has 2 N–H and O–H groups in total. The lowest BCUT2D eigenvalue weighted by Gasteiger charge is -2.12. The molecule has 0 saturated heterocycles. The van der Waals surface area contributed by atoms with E-state index in [1.807, 2.05) is 6.26 Å². The highest BCUT2D eigenvalue weighted by molar-refractivity contribution is 9.10. The molecular weight excluding hydrogens is 338 g/mol. The van der Waals surface area contributed by atoms with Crippen LogP contribution in [0.3, 0.4) is 0 Å². The van der Waals surface area contributed by atoms with Gasteiger partial charge in [0, 0.05) is 16.8 Å². The van der Waals surface area contributed by atoms with Gasteiger partial charge in [0.25, 0.3) is 0 Å². The van der Waals surface area contributed by atoms with Crippen molar-refractivity contribution in [3.8, 4) is 0 Å². The van der Waals surface area contributed by atoms with E-state index < -0.39 is 10.0 Å². The van der Waals surface area contributed by atoms with Crippen molar-refractivity contribution in [3.05, 3.63) is 27.7 Å². The summed E-state index contributed by atoms with van der Waals surface area (Å²) in [7, 11) is -3.52. The Hall–Kier alpha value is -0.0800. The normalized spacial score (nSPS) is 11.8. The van der Waals surface area contributed by atoms with Gasteiger partial charge in [0.1, 0.15) is 0 Å². The fourth-order valence-corrected chi connectivity index (χ4v) is 3.85. The van der Waals surface area contributed by atoms with Crippen LogP contribution in [0.4, 0.5) is 0 Å². The van der Waals surface area contributed by atoms with Gasteiger partial charge in [0.05, 0.1) is 11.5 Å². The van der Waals surface area contributed by atoms with Crippen molar-refractivity contribution in [3.63, 3.8) is 0 Å². The van der Waals surface area contributed by atoms with Crippen molar-refractivity contribution < 1.29 is 13.5 Å². The van der Waals surface area contributed by atoms with Crippen LogP contribution in [0.1, 0.15) is 11.1 Å². The van der Waals surface area contributed by atoms with E-state index in [0.717, 1.165) is 5.75 Å². The first kappa shape index (κ1) is 16.0. The number of sulfonamides is 1. The summed E-state index contributed by atoms with van der Waals surface area (Å²) in [5.41, 5.74) is 1.21. The standard InChI is InChI=1S/C11H16BrNO3S2/c1-8-10(12)5-9(7-14)6-11(8)18(15,16)13-3-4-17-2/h5-6,13-14H,3-4,7H2,1-2H3. The number of halogens is 1. The highest BCUT2D eigenvalue weighted by Crippen LogP contribution is 2.25. The molecule has 0 aliphatic heterocycles. The predicted octanol–water partition coefficient (Wildman–Crippen LogP) is 1.89. The molecule has 0 bridgehead atoms. The molecule has 1 aromatic rings. The third-order valence-corrected chi connectivity index (χ3v) is 5.45. The highest BCUT2D eigenvalue weighted by Gasteiger charge is 2.18. The summed E-state index contributed by atoms with van der Waals surface area (Å²) in [5.74, 6) is 0.721. The molecule has 0 heterocycles. The van der Waals surface area contributed by atoms with Crippen molar-refractivity contribution in [2.24, 2.45) is 0 Å². The van der Waals surface area contributed by atoms with Crippen LogP contribution < -0.4 is 4.72 Å². The summed E-state index contributed by atoms with van der Waals surface area (Å²) < 4.78 is 27.5. The molecule has 18 heavy (non-hydrogen) atoms. The number of hydrogen-bond donors (Lipinski definition) is 2. The molecule has 102 valence electrons. The maximum Gasteiger partial charge on any atom is 0.240 e. The Morgan fingerprint density at radius 3 is 2.67 bits per heavy atom. The molecule has 0 spiro atoms. The third kappa shape index (κ3) is 3.96. The van der Waals surface area contributed by atoms with E-state index in [2.05, 4.69) is 20.7 Å². The first-order valence-electron chi connectivity index (χ1n) is 5.31. The van der Waals surface area contributed by atoms with E-state index in [1.54, 1.807) is 24.8 Å². The summed E-state index contributed by atoms with van der Waals surface area (Å²) in [4.78, 5) is 0.210. The van der Waals surface area contributed by atoms with Crippen LogP contribution in [0.2, 0.25) is 0 Å². The van der Waals surface area contributed by atoms with Crippen molar-refractivity contribution in [2.45, 2.75) is 18.4 Å². The molecule has 0 atom stereocenters. The van der Waals surface area contributed by atoms with Gasteiger partial charge < -0.3 is 5.11 Å². The van der Waals surface area contributed by atoms with Crippen molar-refractivity contribution >= 4 is 37.7 Å². The minimum Gasteiger partial charge on any atom is -0.392 e. The quantitative estimate of drug-likeness (QED) is 0.766. The molecule has 0 amide bonds. The van der Waals surface area contributed by atoms with Gasteiger partial charge in [-0.2, -0.15) is 11.8 Å². The fourth-order valence-electron chi connectivity index (χ4n) is 1.43. The number of rotatable bonds is 6. The lowest BCUT2D eigenvalue weighted by atomic mass is 10.2. The molecule has 7 heteroatoms. The van der Waals surface area contributed by atoms with Crippen molar-refractivity contribution in [2.75, 3.05) is 18.6 Å². The minimum atomic E-state index is -3.52. The molecule has 0 aliphatic carbocycles. The monoisotopic (exact) mass is 353 g/mol. The van der Waals surface area contributed by atoms with Gasteiger partial charge in [-0.1, -0.05) is 15.9 Å². The zero-order valence-corrected chi connectivity index (χ0v) is 13.5. The molecule has 0 radical (unpaired) electrons. The van der Waals surface area contributed by atoms with E-state index in [9.17, 15) is 8.42 Å². The van der Waals surface area contributed by atoms with Gasteiger partial charge in [-0.3, -0.25) is 0 Å². The second-order valence-corrected chi connectivity index (χ2v) is 7.32. The summed E-state index contributed by atoms with van der Waals surface area (Å²) in [5, 5.41) is 9.12. The Labute approximate surface area is 120 Å². The van der Waals surface area contributed by atoms with Crippen molar-refractivity contribution in [1.82, 2.24) is 4.72 Å². The summed E-state index contributed by atoms with van der Waals surface area (Å²) in [6.45, 7) is 1.94. The molecule has 1 rings (SSSR count). The molecule has 0 fully saturated rings. The highest BCUT2D eigenvalue weighted by atomic mass is 79.9. The Kier molecular flexibility index (Phi) is 6.13. The Morgan fingerprint density at radius 1 is 1.44 bits per heavy atom. The second kappa shape index (κ2) is 6.91. The van der Waals surface area contributed by atoms with Gasteiger partial charge in [-0.25, -0.2) is 13.1 Å². The average molecular weight is 354 g/mol. The van der Waals surface area contributed by atoms with E-state index >= 15 is 0 Å². The van der Waals surface area contributed by atoms with Crippen LogP contribution in [0.25, 0.3) is 0 Å². The van der Waals surface area contributed by atoms with Gasteiger partial charge in [0.15, 0.2) is 0 Å². The topological polar surface area (TPSA) is 66.4 Å². The van der Waals surface area contributed by atoms with E-state index in [4.69, 9.17) is 5.11 Å². The van der Waals surface area contributed by atoms with Crippen molar-refractivity contribution in [1.29, 1.82) is 0 Å². The predicted molar refractivity (Wildman–Crippen MR) is 78.4 cm³/mol. The van der Waals surface area contributed by atoms with Gasteiger partial charge >= 0.3 is 0 Å². The van der Waals surface area contributed by atoms with E-state index in [-0.39, 0.29) is 11.5 Å². The molecule has 1 aromatic carbocycles. The van der Waals surface area contributed by atoms with Gasteiger partial charge in [0.2, 0.25) is 10.0 Å². The van der Waals surface area contributed by atoms with Crippen LogP contribution >= 0.6 is 27.7 Å². The molecule has 0 aliphatic rings. The number of aliphatic hydroxyl groups excluding tert-OH is 1. The van der Waals surface area contributed by atoms with Gasteiger partial charge in [-0.15, -0.1) is 0 Å². The molecule has 0 unspecified atom stereocenters. The number of benzene rings is 1. The Balaban J connectivity index is 3.11. The van der Waals surface area contributed by atoms with Crippen LogP contribution in [0.5, 0.6) is 0 Å². The molecular formula is C11H16BrNO3S2. The zero-order chi connectivity index (χ0) is 13.8. The number of aliphatic hydroxyl groups is 1. The summed E-state index contributed by atoms with van der Waals surface area (Å²) in [6, 6.07) is 3.22. The SMILES string of the molecule is CSCCNS(=O)(=O)c1cc(CO)cc(Br)c1C. The van der Waals surface area contributed by atoms with Crippen LogP contribution in [0.15, 0.2) is 21.5 Å².